The first-order valence-electron chi connectivity index (χ1n) is 5.91. The second-order valence-electron chi connectivity index (χ2n) is 4.29. The lowest BCUT2D eigenvalue weighted by molar-refractivity contribution is 0.0674. The van der Waals surface area contributed by atoms with Gasteiger partial charge >= 0.3 is 0 Å². The van der Waals surface area contributed by atoms with Crippen molar-refractivity contribution in [1.29, 1.82) is 0 Å². The molecule has 0 unspecified atom stereocenters. The molecule has 1 aromatic rings. The van der Waals surface area contributed by atoms with Crippen LogP contribution in [-0.4, -0.2) is 56.2 Å². The molecular formula is C11H19N5OS. The van der Waals surface area contributed by atoms with Gasteiger partial charge in [0.2, 0.25) is 0 Å². The number of morpholine rings is 1. The molecule has 100 valence electrons. The molecule has 0 spiro atoms. The van der Waals surface area contributed by atoms with Crippen LogP contribution in [0.5, 0.6) is 0 Å². The van der Waals surface area contributed by atoms with E-state index in [1.165, 1.54) is 0 Å². The predicted octanol–water partition coefficient (Wildman–Crippen LogP) is 0.356. The van der Waals surface area contributed by atoms with E-state index in [1.54, 1.807) is 11.3 Å². The first kappa shape index (κ1) is 13.1. The molecule has 2 heterocycles. The lowest BCUT2D eigenvalue weighted by atomic mass is 10.4. The van der Waals surface area contributed by atoms with E-state index >= 15 is 0 Å². The quantitative estimate of drug-likeness (QED) is 0.634. The topological polar surface area (TPSA) is 67.0 Å². The van der Waals surface area contributed by atoms with Crippen molar-refractivity contribution in [3.63, 3.8) is 0 Å². The van der Waals surface area contributed by atoms with Crippen molar-refractivity contribution in [2.45, 2.75) is 6.54 Å². The monoisotopic (exact) mass is 269 g/mol. The number of ether oxygens (including phenoxy) is 1. The van der Waals surface area contributed by atoms with E-state index in [2.05, 4.69) is 9.98 Å². The minimum atomic E-state index is 0.535. The van der Waals surface area contributed by atoms with Crippen molar-refractivity contribution in [3.05, 3.63) is 11.1 Å². The van der Waals surface area contributed by atoms with E-state index in [0.717, 1.165) is 37.1 Å². The smallest absolute Gasteiger partial charge is 0.191 e. The highest BCUT2D eigenvalue weighted by Crippen LogP contribution is 2.18. The molecule has 0 radical (unpaired) electrons. The highest BCUT2D eigenvalue weighted by Gasteiger charge is 2.12. The normalized spacial score (nSPS) is 17.0. The first-order chi connectivity index (χ1) is 8.66. The molecule has 1 aliphatic heterocycles. The summed E-state index contributed by atoms with van der Waals surface area (Å²) in [7, 11) is 3.96. The highest BCUT2D eigenvalue weighted by molar-refractivity contribution is 7.13. The van der Waals surface area contributed by atoms with Gasteiger partial charge < -0.3 is 20.3 Å². The minimum Gasteiger partial charge on any atom is -0.378 e. The van der Waals surface area contributed by atoms with Crippen LogP contribution >= 0.6 is 11.3 Å². The van der Waals surface area contributed by atoms with E-state index in [1.807, 2.05) is 29.3 Å². The molecule has 0 saturated carbocycles. The second-order valence-corrected chi connectivity index (χ2v) is 5.13. The lowest BCUT2D eigenvalue weighted by Gasteiger charge is -2.27. The van der Waals surface area contributed by atoms with E-state index in [4.69, 9.17) is 10.5 Å². The number of nitrogens with zero attached hydrogens (tertiary/aromatic N) is 4. The Labute approximate surface area is 111 Å². The van der Waals surface area contributed by atoms with Crippen LogP contribution in [-0.2, 0) is 11.3 Å². The number of nitrogens with two attached hydrogens (primary N) is 1. The van der Waals surface area contributed by atoms with Crippen LogP contribution in [0.1, 0.15) is 5.69 Å². The maximum absolute atomic E-state index is 5.95. The Bertz CT molecular complexity index is 411. The van der Waals surface area contributed by atoms with Gasteiger partial charge in [0.05, 0.1) is 25.5 Å². The predicted molar refractivity (Wildman–Crippen MR) is 74.2 cm³/mol. The number of thiazole rings is 1. The standard InChI is InChI=1S/C11H19N5OS/c1-15(2)11-14-9(8-18-11)7-13-10(12)16-3-5-17-6-4-16/h8H,3-7H2,1-2H3,(H2,12,13). The van der Waals surface area contributed by atoms with E-state index in [9.17, 15) is 0 Å². The van der Waals surface area contributed by atoms with Gasteiger partial charge in [0.15, 0.2) is 11.1 Å². The Morgan fingerprint density at radius 1 is 1.56 bits per heavy atom. The number of anilines is 1. The fraction of sp³-hybridized carbons (Fsp3) is 0.636. The molecule has 18 heavy (non-hydrogen) atoms. The van der Waals surface area contributed by atoms with Crippen molar-refractivity contribution in [1.82, 2.24) is 9.88 Å². The van der Waals surface area contributed by atoms with Crippen molar-refractivity contribution in [3.8, 4) is 0 Å². The molecular weight excluding hydrogens is 250 g/mol. The van der Waals surface area contributed by atoms with Crippen molar-refractivity contribution >= 4 is 22.4 Å². The molecule has 0 aliphatic carbocycles. The van der Waals surface area contributed by atoms with Gasteiger partial charge in [-0.15, -0.1) is 11.3 Å². The van der Waals surface area contributed by atoms with Crippen molar-refractivity contribution < 1.29 is 4.74 Å². The fourth-order valence-corrected chi connectivity index (χ4v) is 2.38. The Morgan fingerprint density at radius 3 is 2.89 bits per heavy atom. The van der Waals surface area contributed by atoms with Crippen LogP contribution in [0, 0.1) is 0 Å². The summed E-state index contributed by atoms with van der Waals surface area (Å²) in [4.78, 5) is 12.9. The largest absolute Gasteiger partial charge is 0.378 e. The minimum absolute atomic E-state index is 0.535. The molecule has 7 heteroatoms. The molecule has 1 aromatic heterocycles. The van der Waals surface area contributed by atoms with E-state index in [-0.39, 0.29) is 0 Å². The van der Waals surface area contributed by atoms with Gasteiger partial charge in [-0.05, 0) is 0 Å². The fourth-order valence-electron chi connectivity index (χ4n) is 1.63. The van der Waals surface area contributed by atoms with Gasteiger partial charge in [0.25, 0.3) is 0 Å². The van der Waals surface area contributed by atoms with Crippen molar-refractivity contribution in [2.24, 2.45) is 10.7 Å². The number of aromatic nitrogens is 1. The van der Waals surface area contributed by atoms with Crippen LogP contribution in [0.15, 0.2) is 10.4 Å². The molecule has 2 N–H and O–H groups in total. The van der Waals surface area contributed by atoms with Gasteiger partial charge in [-0.2, -0.15) is 0 Å². The average molecular weight is 269 g/mol. The number of guanidine groups is 1. The molecule has 0 aromatic carbocycles. The maximum Gasteiger partial charge on any atom is 0.191 e. The summed E-state index contributed by atoms with van der Waals surface area (Å²) >= 11 is 1.62. The van der Waals surface area contributed by atoms with Crippen LogP contribution in [0.25, 0.3) is 0 Å². The van der Waals surface area contributed by atoms with Gasteiger partial charge in [-0.3, -0.25) is 0 Å². The Hall–Kier alpha value is -1.34. The number of rotatable bonds is 3. The summed E-state index contributed by atoms with van der Waals surface area (Å²) in [6.45, 7) is 3.60. The molecule has 2 rings (SSSR count). The van der Waals surface area contributed by atoms with Gasteiger partial charge in [0.1, 0.15) is 0 Å². The summed E-state index contributed by atoms with van der Waals surface area (Å²) < 4.78 is 5.27. The van der Waals surface area contributed by atoms with E-state index < -0.39 is 0 Å². The Balaban J connectivity index is 1.91. The average Bonchev–Trinajstić information content (AvgIpc) is 2.86. The van der Waals surface area contributed by atoms with E-state index in [0.29, 0.717) is 12.5 Å². The number of hydrogen-bond acceptors (Lipinski definition) is 5. The summed E-state index contributed by atoms with van der Waals surface area (Å²) in [5.41, 5.74) is 6.91. The zero-order valence-corrected chi connectivity index (χ0v) is 11.6. The first-order valence-corrected chi connectivity index (χ1v) is 6.79. The molecule has 0 bridgehead atoms. The third kappa shape index (κ3) is 3.33. The SMILES string of the molecule is CN(C)c1nc(CN=C(N)N2CCOCC2)cs1. The van der Waals surface area contributed by atoms with Crippen LogP contribution in [0.3, 0.4) is 0 Å². The van der Waals surface area contributed by atoms with Gasteiger partial charge in [-0.1, -0.05) is 0 Å². The summed E-state index contributed by atoms with van der Waals surface area (Å²) in [5, 5.41) is 3.01. The van der Waals surface area contributed by atoms with Gasteiger partial charge in [-0.25, -0.2) is 9.98 Å². The van der Waals surface area contributed by atoms with Crippen molar-refractivity contribution in [2.75, 3.05) is 45.3 Å². The molecule has 0 amide bonds. The second kappa shape index (κ2) is 6.01. The third-order valence-corrected chi connectivity index (χ3v) is 3.72. The third-order valence-electron chi connectivity index (χ3n) is 2.66. The van der Waals surface area contributed by atoms with Crippen LogP contribution < -0.4 is 10.6 Å². The highest BCUT2D eigenvalue weighted by atomic mass is 32.1. The maximum atomic E-state index is 5.95. The molecule has 1 aliphatic rings. The molecule has 1 fully saturated rings. The van der Waals surface area contributed by atoms with Crippen LogP contribution in [0.4, 0.5) is 5.13 Å². The molecule has 1 saturated heterocycles. The summed E-state index contributed by atoms with van der Waals surface area (Å²) in [6.07, 6.45) is 0. The molecule has 0 atom stereocenters. The molecule has 6 nitrogen and oxygen atoms in total. The lowest BCUT2D eigenvalue weighted by Crippen LogP contribution is -2.44. The number of hydrogen-bond donors (Lipinski definition) is 1. The number of aliphatic imine (C=N–C) groups is 1. The Morgan fingerprint density at radius 2 is 2.28 bits per heavy atom. The zero-order valence-electron chi connectivity index (χ0n) is 10.8. The summed E-state index contributed by atoms with van der Waals surface area (Å²) in [6, 6.07) is 0. The zero-order chi connectivity index (χ0) is 13.0. The summed E-state index contributed by atoms with van der Waals surface area (Å²) in [5.74, 6) is 0.581. The van der Waals surface area contributed by atoms with Crippen LogP contribution in [0.2, 0.25) is 0 Å². The Kier molecular flexibility index (Phi) is 4.38. The van der Waals surface area contributed by atoms with Gasteiger partial charge in [0, 0.05) is 32.6 Å².